The van der Waals surface area contributed by atoms with Crippen molar-refractivity contribution in [1.29, 1.82) is 5.26 Å². The van der Waals surface area contributed by atoms with Gasteiger partial charge < -0.3 is 29.0 Å². The Kier molecular flexibility index (Phi) is 8.34. The monoisotopic (exact) mass is 595 g/mol. The molecule has 0 unspecified atom stereocenters. The van der Waals surface area contributed by atoms with Gasteiger partial charge in [0, 0.05) is 11.8 Å². The van der Waals surface area contributed by atoms with E-state index in [4.69, 9.17) is 19.3 Å². The molecule has 41 heavy (non-hydrogen) atoms. The van der Waals surface area contributed by atoms with Crippen LogP contribution in [0.3, 0.4) is 0 Å². The molecule has 3 heterocycles. The van der Waals surface area contributed by atoms with Crippen LogP contribution in [0.4, 0.5) is 5.82 Å². The van der Waals surface area contributed by atoms with Crippen molar-refractivity contribution in [2.75, 3.05) is 12.3 Å². The number of ether oxygens (including phenoxy) is 1. The van der Waals surface area contributed by atoms with Crippen LogP contribution in [0.15, 0.2) is 36.8 Å². The second-order valence-electron chi connectivity index (χ2n) is 14.0. The van der Waals surface area contributed by atoms with E-state index in [1.165, 1.54) is 6.33 Å². The molecule has 11 heteroatoms. The molecule has 0 amide bonds. The Balaban J connectivity index is 1.90. The molecule has 1 fully saturated rings. The minimum absolute atomic E-state index is 0.0444. The van der Waals surface area contributed by atoms with Crippen molar-refractivity contribution in [2.24, 2.45) is 0 Å². The molecule has 222 valence electrons. The Bertz CT molecular complexity index is 1430. The summed E-state index contributed by atoms with van der Waals surface area (Å²) >= 11 is 0. The molecule has 4 rings (SSSR count). The molecule has 4 atom stereocenters. The summed E-state index contributed by atoms with van der Waals surface area (Å²) in [5.41, 5.74) is 9.31. The zero-order chi connectivity index (χ0) is 30.5. The van der Waals surface area contributed by atoms with Crippen molar-refractivity contribution in [3.8, 4) is 17.2 Å². The number of aromatic nitrogens is 3. The first kappa shape index (κ1) is 31.3. The van der Waals surface area contributed by atoms with E-state index >= 15 is 0 Å². The van der Waals surface area contributed by atoms with Crippen LogP contribution in [-0.2, 0) is 13.6 Å². The third kappa shape index (κ3) is 5.87. The average molecular weight is 596 g/mol. The highest BCUT2D eigenvalue weighted by Crippen LogP contribution is 2.47. The zero-order valence-electron chi connectivity index (χ0n) is 26.0. The van der Waals surface area contributed by atoms with Gasteiger partial charge >= 0.3 is 0 Å². The molecule has 9 nitrogen and oxygen atoms in total. The fraction of sp³-hybridized carbons (Fsp3) is 0.567. The van der Waals surface area contributed by atoms with E-state index in [-0.39, 0.29) is 16.7 Å². The number of nitriles is 1. The second-order valence-corrected chi connectivity index (χ2v) is 23.5. The first-order valence-corrected chi connectivity index (χ1v) is 20.0. The summed E-state index contributed by atoms with van der Waals surface area (Å²) in [6, 6.07) is 9.50. The Hall–Kier alpha value is -2.60. The van der Waals surface area contributed by atoms with Crippen LogP contribution in [0.1, 0.15) is 53.3 Å². The summed E-state index contributed by atoms with van der Waals surface area (Å²) in [6.07, 6.45) is 1.23. The first-order valence-electron chi connectivity index (χ1n) is 14.2. The molecule has 2 aromatic heterocycles. The van der Waals surface area contributed by atoms with Crippen LogP contribution >= 0.6 is 0 Å². The molecule has 0 aliphatic carbocycles. The van der Waals surface area contributed by atoms with E-state index in [1.807, 2.05) is 22.9 Å². The fourth-order valence-corrected chi connectivity index (χ4v) is 7.23. The Morgan fingerprint density at radius 3 is 2.05 bits per heavy atom. The van der Waals surface area contributed by atoms with Crippen molar-refractivity contribution in [3.63, 3.8) is 0 Å². The largest absolute Gasteiger partial charge is 0.408 e. The average Bonchev–Trinajstić information content (AvgIpc) is 3.41. The van der Waals surface area contributed by atoms with Crippen LogP contribution in [0.2, 0.25) is 36.3 Å². The number of hydrogen-bond donors (Lipinski definition) is 2. The van der Waals surface area contributed by atoms with Crippen LogP contribution in [-0.4, -0.2) is 61.2 Å². The molecule has 1 aliphatic rings. The number of fused-ring (bicyclic) bond motifs is 1. The molecular weight excluding hydrogens is 551 g/mol. The second kappa shape index (κ2) is 10.9. The summed E-state index contributed by atoms with van der Waals surface area (Å²) in [6.45, 7) is 21.9. The molecule has 0 spiro atoms. The maximum absolute atomic E-state index is 10.6. The van der Waals surface area contributed by atoms with Gasteiger partial charge in [-0.05, 0) is 54.0 Å². The lowest BCUT2D eigenvalue weighted by Crippen LogP contribution is -2.53. The third-order valence-electron chi connectivity index (χ3n) is 9.18. The number of nitrogens with two attached hydrogens (primary N) is 1. The molecule has 0 radical (unpaired) electrons. The maximum Gasteiger partial charge on any atom is 0.192 e. The SMILES string of the molecule is CC(C)(C)[Si](C)(C)O[C@@H]1[C@H](O[Si](C)(C)C(C)(C)C)[C@@H](CO)O[C@H]1n1cc(-c2ccc(C#N)cc2)c2c(N)ncnc21. The Morgan fingerprint density at radius 1 is 0.976 bits per heavy atom. The van der Waals surface area contributed by atoms with Crippen LogP contribution in [0.25, 0.3) is 22.2 Å². The molecule has 3 aromatic rings. The van der Waals surface area contributed by atoms with E-state index in [0.29, 0.717) is 22.4 Å². The number of nitrogen functional groups attached to an aromatic ring is 1. The first-order chi connectivity index (χ1) is 18.9. The molecule has 1 aromatic carbocycles. The van der Waals surface area contributed by atoms with Gasteiger partial charge in [0.25, 0.3) is 0 Å². The minimum atomic E-state index is -2.32. The highest BCUT2D eigenvalue weighted by Gasteiger charge is 2.54. The van der Waals surface area contributed by atoms with Gasteiger partial charge in [0.1, 0.15) is 36.1 Å². The highest BCUT2D eigenvalue weighted by molar-refractivity contribution is 6.74. The molecule has 3 N–H and O–H groups in total. The van der Waals surface area contributed by atoms with Crippen molar-refractivity contribution in [1.82, 2.24) is 14.5 Å². The van der Waals surface area contributed by atoms with Gasteiger partial charge in [0.15, 0.2) is 22.9 Å². The lowest BCUT2D eigenvalue weighted by atomic mass is 10.0. The minimum Gasteiger partial charge on any atom is -0.408 e. The number of hydrogen-bond acceptors (Lipinski definition) is 8. The third-order valence-corrected chi connectivity index (χ3v) is 18.1. The number of aliphatic hydroxyl groups is 1. The van der Waals surface area contributed by atoms with Crippen molar-refractivity contribution >= 4 is 33.5 Å². The van der Waals surface area contributed by atoms with Gasteiger partial charge in [0.2, 0.25) is 0 Å². The molecule has 0 bridgehead atoms. The normalized spacial score (nSPS) is 22.3. The van der Waals surface area contributed by atoms with Crippen LogP contribution < -0.4 is 5.73 Å². The zero-order valence-corrected chi connectivity index (χ0v) is 28.0. The van der Waals surface area contributed by atoms with Crippen LogP contribution in [0, 0.1) is 11.3 Å². The number of benzene rings is 1. The quantitative estimate of drug-likeness (QED) is 0.308. The lowest BCUT2D eigenvalue weighted by Gasteiger charge is -2.44. The fourth-order valence-electron chi connectivity index (χ4n) is 4.63. The molecular formula is C30H45N5O4Si2. The van der Waals surface area contributed by atoms with Crippen molar-refractivity contribution in [3.05, 3.63) is 42.4 Å². The summed E-state index contributed by atoms with van der Waals surface area (Å²) in [7, 11) is -4.60. The van der Waals surface area contributed by atoms with Gasteiger partial charge in [-0.2, -0.15) is 5.26 Å². The van der Waals surface area contributed by atoms with Gasteiger partial charge in [-0.15, -0.1) is 0 Å². The van der Waals surface area contributed by atoms with Gasteiger partial charge in [-0.3, -0.25) is 0 Å². The maximum atomic E-state index is 10.6. The van der Waals surface area contributed by atoms with Gasteiger partial charge in [0.05, 0.1) is 23.6 Å². The Labute approximate surface area is 245 Å². The summed E-state index contributed by atoms with van der Waals surface area (Å²) in [5.74, 6) is 0.348. The molecule has 1 aliphatic heterocycles. The van der Waals surface area contributed by atoms with Crippen molar-refractivity contribution < 1.29 is 18.7 Å². The molecule has 0 saturated carbocycles. The summed E-state index contributed by atoms with van der Waals surface area (Å²) in [4.78, 5) is 8.91. The number of nitrogens with zero attached hydrogens (tertiary/aromatic N) is 4. The smallest absolute Gasteiger partial charge is 0.192 e. The Morgan fingerprint density at radius 2 is 1.54 bits per heavy atom. The van der Waals surface area contributed by atoms with E-state index in [0.717, 1.165) is 11.1 Å². The van der Waals surface area contributed by atoms with Crippen LogP contribution in [0.5, 0.6) is 0 Å². The number of anilines is 1. The highest BCUT2D eigenvalue weighted by atomic mass is 28.4. The van der Waals surface area contributed by atoms with E-state index in [1.54, 1.807) is 12.1 Å². The topological polar surface area (TPSA) is 128 Å². The van der Waals surface area contributed by atoms with E-state index in [9.17, 15) is 10.4 Å². The summed E-state index contributed by atoms with van der Waals surface area (Å²) < 4.78 is 22.7. The predicted molar refractivity (Wildman–Crippen MR) is 167 cm³/mol. The standard InChI is InChI=1S/C30H45N5O4Si2/c1-29(2,3)40(7,8)38-24-22(17-36)37-28(25(24)39-41(9,10)30(4,5)6)35-16-21(20-13-11-19(15-31)12-14-20)23-26(32)33-18-34-27(23)35/h11-14,16,18,22,24-25,28,36H,17H2,1-10H3,(H2,32,33,34)/t22-,24-,25-,28-/m1/s1. The number of rotatable bonds is 7. The lowest BCUT2D eigenvalue weighted by molar-refractivity contribution is -0.0488. The van der Waals surface area contributed by atoms with Gasteiger partial charge in [-0.1, -0.05) is 53.7 Å². The van der Waals surface area contributed by atoms with E-state index < -0.39 is 41.2 Å². The predicted octanol–water partition coefficient (Wildman–Crippen LogP) is 6.22. The summed E-state index contributed by atoms with van der Waals surface area (Å²) in [5, 5.41) is 20.4. The van der Waals surface area contributed by atoms with E-state index in [2.05, 4.69) is 83.8 Å². The molecule has 1 saturated heterocycles. The van der Waals surface area contributed by atoms with Crippen molar-refractivity contribution in [2.45, 2.75) is 102 Å². The van der Waals surface area contributed by atoms with Gasteiger partial charge in [-0.25, -0.2) is 9.97 Å². The number of aliphatic hydroxyl groups excluding tert-OH is 1.